The molecule has 2 N–H and O–H groups in total. The second-order valence-corrected chi connectivity index (χ2v) is 5.95. The molecule has 3 rings (SSSR count). The van der Waals surface area contributed by atoms with Gasteiger partial charge in [0, 0.05) is 17.1 Å². The summed E-state index contributed by atoms with van der Waals surface area (Å²) in [6.07, 6.45) is 6.73. The Bertz CT molecular complexity index is 507. The first-order valence-electron chi connectivity index (χ1n) is 6.56. The van der Waals surface area contributed by atoms with Gasteiger partial charge in [-0.3, -0.25) is 4.98 Å². The minimum Gasteiger partial charge on any atom is -0.323 e. The van der Waals surface area contributed by atoms with Crippen molar-refractivity contribution in [2.75, 3.05) is 0 Å². The molecule has 2 aromatic rings. The number of benzene rings is 1. The van der Waals surface area contributed by atoms with E-state index in [4.69, 9.17) is 5.73 Å². The Kier molecular flexibility index (Phi) is 3.43. The van der Waals surface area contributed by atoms with Crippen molar-refractivity contribution in [3.63, 3.8) is 0 Å². The fourth-order valence-electron chi connectivity index (χ4n) is 2.93. The van der Waals surface area contributed by atoms with Crippen LogP contribution < -0.4 is 5.73 Å². The molecule has 1 aromatic carbocycles. The summed E-state index contributed by atoms with van der Waals surface area (Å²) >= 11 is 1.66. The van der Waals surface area contributed by atoms with Crippen molar-refractivity contribution in [2.24, 2.45) is 5.73 Å². The fraction of sp³-hybridized carbons (Fsp3) is 0.400. The Balaban J connectivity index is 1.78. The van der Waals surface area contributed by atoms with Crippen molar-refractivity contribution in [1.29, 1.82) is 0 Å². The third kappa shape index (κ3) is 2.33. The molecule has 0 bridgehead atoms. The van der Waals surface area contributed by atoms with Crippen molar-refractivity contribution >= 4 is 11.3 Å². The molecule has 2 atom stereocenters. The summed E-state index contributed by atoms with van der Waals surface area (Å²) in [6.45, 7) is 0. The van der Waals surface area contributed by atoms with Crippen LogP contribution in [0.3, 0.4) is 0 Å². The molecule has 94 valence electrons. The number of nitrogens with two attached hydrogens (primary N) is 1. The van der Waals surface area contributed by atoms with Crippen molar-refractivity contribution < 1.29 is 0 Å². The summed E-state index contributed by atoms with van der Waals surface area (Å²) in [5, 5.41) is 0. The first kappa shape index (κ1) is 11.9. The largest absolute Gasteiger partial charge is 0.323 e. The molecule has 3 heteroatoms. The SMILES string of the molecule is NC(CC1CCCc2ccccc21)c1cncs1. The number of fused-ring (bicyclic) bond motifs is 1. The molecule has 0 amide bonds. The van der Waals surface area contributed by atoms with Crippen LogP contribution >= 0.6 is 11.3 Å². The summed E-state index contributed by atoms with van der Waals surface area (Å²) in [5.41, 5.74) is 11.2. The molecular weight excluding hydrogens is 240 g/mol. The third-order valence-corrected chi connectivity index (χ3v) is 4.76. The van der Waals surface area contributed by atoms with E-state index in [1.165, 1.54) is 35.3 Å². The van der Waals surface area contributed by atoms with Crippen LogP contribution in [0.4, 0.5) is 0 Å². The van der Waals surface area contributed by atoms with E-state index in [2.05, 4.69) is 29.2 Å². The van der Waals surface area contributed by atoms with E-state index >= 15 is 0 Å². The normalized spacial score (nSPS) is 20.4. The zero-order valence-electron chi connectivity index (χ0n) is 10.4. The highest BCUT2D eigenvalue weighted by molar-refractivity contribution is 7.09. The molecule has 0 spiro atoms. The van der Waals surface area contributed by atoms with E-state index in [-0.39, 0.29) is 6.04 Å². The van der Waals surface area contributed by atoms with E-state index in [1.54, 1.807) is 11.3 Å². The van der Waals surface area contributed by atoms with Crippen molar-refractivity contribution in [3.05, 3.63) is 52.0 Å². The first-order valence-corrected chi connectivity index (χ1v) is 7.44. The van der Waals surface area contributed by atoms with Crippen LogP contribution in [0.15, 0.2) is 36.0 Å². The number of hydrogen-bond donors (Lipinski definition) is 1. The molecule has 1 aliphatic rings. The molecule has 1 aliphatic carbocycles. The van der Waals surface area contributed by atoms with E-state index < -0.39 is 0 Å². The van der Waals surface area contributed by atoms with Gasteiger partial charge in [-0.25, -0.2) is 0 Å². The van der Waals surface area contributed by atoms with E-state index in [0.717, 1.165) is 6.42 Å². The second kappa shape index (κ2) is 5.21. The maximum absolute atomic E-state index is 6.30. The molecule has 0 saturated carbocycles. The summed E-state index contributed by atoms with van der Waals surface area (Å²) < 4.78 is 0. The van der Waals surface area contributed by atoms with Gasteiger partial charge in [0.2, 0.25) is 0 Å². The van der Waals surface area contributed by atoms with E-state index in [0.29, 0.717) is 5.92 Å². The third-order valence-electron chi connectivity index (χ3n) is 3.85. The van der Waals surface area contributed by atoms with Crippen LogP contribution in [0.5, 0.6) is 0 Å². The predicted octanol–water partition coefficient (Wildman–Crippen LogP) is 3.65. The molecule has 1 aromatic heterocycles. The van der Waals surface area contributed by atoms with Crippen molar-refractivity contribution in [3.8, 4) is 0 Å². The van der Waals surface area contributed by atoms with Gasteiger partial charge in [0.1, 0.15) is 0 Å². The number of hydrogen-bond acceptors (Lipinski definition) is 3. The van der Waals surface area contributed by atoms with E-state index in [1.807, 2.05) is 11.7 Å². The van der Waals surface area contributed by atoms with Crippen molar-refractivity contribution in [1.82, 2.24) is 4.98 Å². The lowest BCUT2D eigenvalue weighted by Gasteiger charge is -2.27. The predicted molar refractivity (Wildman–Crippen MR) is 75.8 cm³/mol. The molecule has 0 radical (unpaired) electrons. The standard InChI is InChI=1S/C15H18N2S/c16-14(15-9-17-10-18-15)8-12-6-3-5-11-4-1-2-7-13(11)12/h1-2,4,7,9-10,12,14H,3,5-6,8,16H2. The number of rotatable bonds is 3. The zero-order chi connectivity index (χ0) is 12.4. The van der Waals surface area contributed by atoms with Crippen LogP contribution in [0, 0.1) is 0 Å². The quantitative estimate of drug-likeness (QED) is 0.912. The highest BCUT2D eigenvalue weighted by Gasteiger charge is 2.22. The molecule has 0 saturated heterocycles. The minimum absolute atomic E-state index is 0.133. The number of nitrogens with zero attached hydrogens (tertiary/aromatic N) is 1. The van der Waals surface area contributed by atoms with Gasteiger partial charge in [0.05, 0.1) is 5.51 Å². The van der Waals surface area contributed by atoms with Crippen LogP contribution in [-0.4, -0.2) is 4.98 Å². The Hall–Kier alpha value is -1.19. The average molecular weight is 258 g/mol. The van der Waals surface area contributed by atoms with Gasteiger partial charge in [-0.15, -0.1) is 11.3 Å². The summed E-state index contributed by atoms with van der Waals surface area (Å²) in [6, 6.07) is 8.96. The molecule has 2 unspecified atom stereocenters. The van der Waals surface area contributed by atoms with Gasteiger partial charge in [0.15, 0.2) is 0 Å². The van der Waals surface area contributed by atoms with Crippen LogP contribution in [0.1, 0.15) is 47.2 Å². The Labute approximate surface area is 112 Å². The van der Waals surface area contributed by atoms with Crippen molar-refractivity contribution in [2.45, 2.75) is 37.6 Å². The lowest BCUT2D eigenvalue weighted by atomic mass is 9.79. The number of aryl methyl sites for hydroxylation is 1. The maximum atomic E-state index is 6.30. The summed E-state index contributed by atoms with van der Waals surface area (Å²) in [4.78, 5) is 5.33. The smallest absolute Gasteiger partial charge is 0.0794 e. The lowest BCUT2D eigenvalue weighted by Crippen LogP contribution is -2.17. The van der Waals surface area contributed by atoms with Crippen LogP contribution in [0.25, 0.3) is 0 Å². The van der Waals surface area contributed by atoms with Gasteiger partial charge in [-0.05, 0) is 42.7 Å². The van der Waals surface area contributed by atoms with E-state index in [9.17, 15) is 0 Å². The van der Waals surface area contributed by atoms with Crippen LogP contribution in [0.2, 0.25) is 0 Å². The van der Waals surface area contributed by atoms with Gasteiger partial charge < -0.3 is 5.73 Å². The first-order chi connectivity index (χ1) is 8.84. The average Bonchev–Trinajstić information content (AvgIpc) is 2.93. The summed E-state index contributed by atoms with van der Waals surface area (Å²) in [7, 11) is 0. The highest BCUT2D eigenvalue weighted by Crippen LogP contribution is 2.37. The van der Waals surface area contributed by atoms with Gasteiger partial charge in [0.25, 0.3) is 0 Å². The second-order valence-electron chi connectivity index (χ2n) is 5.03. The topological polar surface area (TPSA) is 38.9 Å². The van der Waals surface area contributed by atoms with Gasteiger partial charge in [-0.1, -0.05) is 24.3 Å². The Morgan fingerprint density at radius 1 is 1.39 bits per heavy atom. The number of thiazole rings is 1. The highest BCUT2D eigenvalue weighted by atomic mass is 32.1. The maximum Gasteiger partial charge on any atom is 0.0794 e. The monoisotopic (exact) mass is 258 g/mol. The molecule has 2 nitrogen and oxygen atoms in total. The van der Waals surface area contributed by atoms with Crippen LogP contribution in [-0.2, 0) is 6.42 Å². The Morgan fingerprint density at radius 2 is 2.28 bits per heavy atom. The van der Waals surface area contributed by atoms with Gasteiger partial charge in [-0.2, -0.15) is 0 Å². The lowest BCUT2D eigenvalue weighted by molar-refractivity contribution is 0.479. The molecule has 1 heterocycles. The fourth-order valence-corrected chi connectivity index (χ4v) is 3.57. The van der Waals surface area contributed by atoms with Gasteiger partial charge >= 0.3 is 0 Å². The minimum atomic E-state index is 0.133. The zero-order valence-corrected chi connectivity index (χ0v) is 11.2. The molecule has 18 heavy (non-hydrogen) atoms. The molecule has 0 aliphatic heterocycles. The summed E-state index contributed by atoms with van der Waals surface area (Å²) in [5.74, 6) is 0.618. The number of aromatic nitrogens is 1. The Morgan fingerprint density at radius 3 is 3.11 bits per heavy atom. The molecule has 0 fully saturated rings. The molecular formula is C15H18N2S.